The predicted octanol–water partition coefficient (Wildman–Crippen LogP) is 4.15. The molecule has 1 N–H and O–H groups in total. The van der Waals surface area contributed by atoms with Crippen LogP contribution in [-0.4, -0.2) is 72.8 Å². The number of H-pyrrole nitrogens is 1. The molecule has 0 atom stereocenters. The Labute approximate surface area is 207 Å². The van der Waals surface area contributed by atoms with Crippen molar-refractivity contribution in [2.24, 2.45) is 0 Å². The van der Waals surface area contributed by atoms with Crippen molar-refractivity contribution < 1.29 is 23.7 Å². The normalized spacial score (nSPS) is 16.1. The number of fused-ring (bicyclic) bond motifs is 7. The third-order valence-corrected chi connectivity index (χ3v) is 6.00. The number of nitrogens with one attached hydrogen (secondary N) is 1. The molecule has 1 aliphatic heterocycles. The van der Waals surface area contributed by atoms with Gasteiger partial charge in [0, 0.05) is 28.7 Å². The lowest BCUT2D eigenvalue weighted by Gasteiger charge is -2.14. The van der Waals surface area contributed by atoms with Gasteiger partial charge >= 0.3 is 0 Å². The van der Waals surface area contributed by atoms with Crippen molar-refractivity contribution in [1.29, 1.82) is 0 Å². The fourth-order valence-corrected chi connectivity index (χ4v) is 4.33. The van der Waals surface area contributed by atoms with Crippen molar-refractivity contribution in [3.05, 3.63) is 54.9 Å². The highest BCUT2D eigenvalue weighted by molar-refractivity contribution is 6.21. The first-order chi connectivity index (χ1) is 17.9. The summed E-state index contributed by atoms with van der Waals surface area (Å²) in [6, 6.07) is 13.7. The molecule has 1 aliphatic rings. The lowest BCUT2D eigenvalue weighted by atomic mass is 10.1. The number of imidazole rings is 1. The Kier molecular flexibility index (Phi) is 6.58. The van der Waals surface area contributed by atoms with Gasteiger partial charge < -0.3 is 28.7 Å². The molecular weight excluding hydrogens is 460 g/mol. The molecule has 184 valence electrons. The van der Waals surface area contributed by atoms with Crippen molar-refractivity contribution in [3.8, 4) is 22.9 Å². The third kappa shape index (κ3) is 4.56. The summed E-state index contributed by atoms with van der Waals surface area (Å²) in [6.07, 6.45) is 3.57. The number of nitrogens with zero attached hydrogens (tertiary/aromatic N) is 3. The standard InChI is InChI=1S/C27H26N4O5/c1-3-19-23(28-7-1)24-20(4-2-8-29-24)26-25(19)30-27(31-26)18-5-6-21-22(17-18)36-16-14-34-12-10-32-9-11-33-13-15-35-21/h1-8,17H,9-16H2,(H,30,31). The second-order valence-corrected chi connectivity index (χ2v) is 8.30. The minimum atomic E-state index is 0.392. The topological polar surface area (TPSA) is 101 Å². The van der Waals surface area contributed by atoms with E-state index in [-0.39, 0.29) is 0 Å². The Balaban J connectivity index is 1.38. The van der Waals surface area contributed by atoms with Crippen LogP contribution in [0, 0.1) is 0 Å². The maximum atomic E-state index is 6.05. The molecule has 6 rings (SSSR count). The molecule has 0 spiro atoms. The average Bonchev–Trinajstić information content (AvgIpc) is 3.37. The van der Waals surface area contributed by atoms with Crippen LogP contribution in [-0.2, 0) is 14.2 Å². The number of hydrogen-bond acceptors (Lipinski definition) is 8. The highest BCUT2D eigenvalue weighted by Crippen LogP contribution is 2.36. The van der Waals surface area contributed by atoms with Crippen LogP contribution in [0.4, 0.5) is 0 Å². The smallest absolute Gasteiger partial charge is 0.162 e. The molecule has 0 fully saturated rings. The number of pyridine rings is 2. The summed E-state index contributed by atoms with van der Waals surface area (Å²) < 4.78 is 28.6. The molecule has 3 aromatic heterocycles. The molecule has 0 saturated carbocycles. The molecule has 2 aromatic carbocycles. The van der Waals surface area contributed by atoms with E-state index in [9.17, 15) is 0 Å². The second kappa shape index (κ2) is 10.4. The minimum absolute atomic E-state index is 0.392. The van der Waals surface area contributed by atoms with Crippen LogP contribution in [0.3, 0.4) is 0 Å². The van der Waals surface area contributed by atoms with Gasteiger partial charge in [-0.1, -0.05) is 0 Å². The van der Waals surface area contributed by atoms with Crippen LogP contribution in [0.1, 0.15) is 0 Å². The predicted molar refractivity (Wildman–Crippen MR) is 136 cm³/mol. The van der Waals surface area contributed by atoms with E-state index in [1.165, 1.54) is 0 Å². The summed E-state index contributed by atoms with van der Waals surface area (Å²) >= 11 is 0. The molecule has 0 bridgehead atoms. The van der Waals surface area contributed by atoms with E-state index >= 15 is 0 Å². The number of aromatic amines is 1. The summed E-state index contributed by atoms with van der Waals surface area (Å²) in [5.74, 6) is 2.00. The van der Waals surface area contributed by atoms with E-state index < -0.39 is 0 Å². The first-order valence-corrected chi connectivity index (χ1v) is 12.0. The van der Waals surface area contributed by atoms with E-state index in [0.717, 1.165) is 44.2 Å². The first-order valence-electron chi connectivity index (χ1n) is 12.0. The van der Waals surface area contributed by atoms with Crippen molar-refractivity contribution in [2.75, 3.05) is 52.9 Å². The summed E-state index contributed by atoms with van der Waals surface area (Å²) in [5.41, 5.74) is 4.35. The zero-order chi connectivity index (χ0) is 24.2. The summed E-state index contributed by atoms with van der Waals surface area (Å²) in [5, 5.41) is 1.93. The second-order valence-electron chi connectivity index (χ2n) is 8.30. The molecule has 5 aromatic rings. The lowest BCUT2D eigenvalue weighted by molar-refractivity contribution is 0.00708. The zero-order valence-corrected chi connectivity index (χ0v) is 19.7. The zero-order valence-electron chi connectivity index (χ0n) is 19.7. The van der Waals surface area contributed by atoms with E-state index in [1.54, 1.807) is 12.4 Å². The summed E-state index contributed by atoms with van der Waals surface area (Å²) in [6.45, 7) is 3.81. The van der Waals surface area contributed by atoms with Gasteiger partial charge in [-0.3, -0.25) is 9.97 Å². The Bertz CT molecular complexity index is 1430. The molecular formula is C27H26N4O5. The van der Waals surface area contributed by atoms with Gasteiger partial charge in [-0.15, -0.1) is 0 Å². The first kappa shape index (κ1) is 22.7. The maximum absolute atomic E-state index is 6.05. The van der Waals surface area contributed by atoms with Gasteiger partial charge in [0.05, 0.1) is 61.7 Å². The van der Waals surface area contributed by atoms with Gasteiger partial charge in [0.1, 0.15) is 19.0 Å². The Morgan fingerprint density at radius 1 is 0.611 bits per heavy atom. The Morgan fingerprint density at radius 2 is 1.22 bits per heavy atom. The van der Waals surface area contributed by atoms with Crippen LogP contribution >= 0.6 is 0 Å². The third-order valence-electron chi connectivity index (χ3n) is 6.00. The van der Waals surface area contributed by atoms with Gasteiger partial charge in [0.2, 0.25) is 0 Å². The molecule has 0 saturated heterocycles. The van der Waals surface area contributed by atoms with Crippen molar-refractivity contribution in [3.63, 3.8) is 0 Å². The number of benzene rings is 2. The van der Waals surface area contributed by atoms with E-state index in [1.807, 2.05) is 42.5 Å². The van der Waals surface area contributed by atoms with Gasteiger partial charge in [-0.05, 0) is 42.5 Å². The number of hydrogen-bond donors (Lipinski definition) is 1. The molecule has 9 heteroatoms. The molecule has 0 aliphatic carbocycles. The van der Waals surface area contributed by atoms with Gasteiger partial charge in [-0.2, -0.15) is 0 Å². The van der Waals surface area contributed by atoms with Crippen molar-refractivity contribution in [2.45, 2.75) is 0 Å². The molecule has 9 nitrogen and oxygen atoms in total. The number of rotatable bonds is 1. The fraction of sp³-hybridized carbons (Fsp3) is 0.296. The molecule has 4 heterocycles. The highest BCUT2D eigenvalue weighted by Gasteiger charge is 2.16. The average molecular weight is 487 g/mol. The van der Waals surface area contributed by atoms with E-state index in [2.05, 4.69) is 15.0 Å². The van der Waals surface area contributed by atoms with Gasteiger partial charge in [-0.25, -0.2) is 4.98 Å². The molecule has 0 radical (unpaired) electrons. The summed E-state index contributed by atoms with van der Waals surface area (Å²) in [4.78, 5) is 17.7. The molecule has 36 heavy (non-hydrogen) atoms. The Morgan fingerprint density at radius 3 is 1.94 bits per heavy atom. The van der Waals surface area contributed by atoms with Crippen LogP contribution < -0.4 is 9.47 Å². The SMILES string of the molecule is c1cnc2c(c1)c1nc(-c3ccc4c(c3)OCCOCCOCCOCCO4)[nH]c1c1cccnc12. The largest absolute Gasteiger partial charge is 0.487 e. The summed E-state index contributed by atoms with van der Waals surface area (Å²) in [7, 11) is 0. The van der Waals surface area contributed by atoms with Crippen LogP contribution in [0.5, 0.6) is 11.5 Å². The van der Waals surface area contributed by atoms with Gasteiger partial charge in [0.25, 0.3) is 0 Å². The quantitative estimate of drug-likeness (QED) is 0.353. The van der Waals surface area contributed by atoms with Crippen molar-refractivity contribution in [1.82, 2.24) is 19.9 Å². The van der Waals surface area contributed by atoms with Gasteiger partial charge in [0.15, 0.2) is 11.5 Å². The van der Waals surface area contributed by atoms with Crippen LogP contribution in [0.2, 0.25) is 0 Å². The maximum Gasteiger partial charge on any atom is 0.162 e. The van der Waals surface area contributed by atoms with Crippen LogP contribution in [0.25, 0.3) is 44.2 Å². The van der Waals surface area contributed by atoms with Crippen LogP contribution in [0.15, 0.2) is 54.9 Å². The minimum Gasteiger partial charge on any atom is -0.487 e. The molecule has 0 unspecified atom stereocenters. The number of ether oxygens (including phenoxy) is 5. The van der Waals surface area contributed by atoms with E-state index in [4.69, 9.17) is 28.7 Å². The number of aromatic nitrogens is 4. The Hall–Kier alpha value is -3.79. The monoisotopic (exact) mass is 486 g/mol. The fourth-order valence-electron chi connectivity index (χ4n) is 4.33. The molecule has 0 amide bonds. The lowest BCUT2D eigenvalue weighted by Crippen LogP contribution is -2.13. The highest BCUT2D eigenvalue weighted by atomic mass is 16.6. The van der Waals surface area contributed by atoms with E-state index in [0.29, 0.717) is 64.4 Å². The van der Waals surface area contributed by atoms with Crippen molar-refractivity contribution >= 4 is 32.8 Å².